The van der Waals surface area contributed by atoms with Crippen molar-refractivity contribution in [2.45, 2.75) is 32.7 Å². The second kappa shape index (κ2) is 7.31. The van der Waals surface area contributed by atoms with Crippen molar-refractivity contribution in [3.63, 3.8) is 0 Å². The molecular formula is C16H18ClNO4. The van der Waals surface area contributed by atoms with E-state index in [0.29, 0.717) is 16.0 Å². The lowest BCUT2D eigenvalue weighted by atomic mass is 10.2. The van der Waals surface area contributed by atoms with Crippen LogP contribution in [0.25, 0.3) is 11.0 Å². The summed E-state index contributed by atoms with van der Waals surface area (Å²) in [5.74, 6) is -0.953. The highest BCUT2D eigenvalue weighted by atomic mass is 35.5. The van der Waals surface area contributed by atoms with Gasteiger partial charge in [0.05, 0.1) is 0 Å². The maximum Gasteiger partial charge on any atom is 0.374 e. The van der Waals surface area contributed by atoms with Crippen molar-refractivity contribution in [2.75, 3.05) is 6.61 Å². The van der Waals surface area contributed by atoms with Crippen LogP contribution in [0.4, 0.5) is 0 Å². The number of ether oxygens (including phenoxy) is 1. The van der Waals surface area contributed by atoms with Crippen molar-refractivity contribution in [2.24, 2.45) is 0 Å². The van der Waals surface area contributed by atoms with Gasteiger partial charge in [-0.3, -0.25) is 4.79 Å². The van der Waals surface area contributed by atoms with Gasteiger partial charge in [-0.05, 0) is 37.6 Å². The summed E-state index contributed by atoms with van der Waals surface area (Å²) >= 11 is 5.87. The summed E-state index contributed by atoms with van der Waals surface area (Å²) in [5, 5.41) is 4.02. The van der Waals surface area contributed by atoms with Crippen LogP contribution in [-0.2, 0) is 9.53 Å². The molecule has 0 aliphatic carbocycles. The van der Waals surface area contributed by atoms with Crippen molar-refractivity contribution in [1.82, 2.24) is 5.32 Å². The van der Waals surface area contributed by atoms with E-state index in [4.69, 9.17) is 20.8 Å². The molecule has 0 aliphatic heterocycles. The van der Waals surface area contributed by atoms with E-state index in [1.54, 1.807) is 24.3 Å². The lowest BCUT2D eigenvalue weighted by Crippen LogP contribution is -2.35. The molecule has 118 valence electrons. The number of fused-ring (bicyclic) bond motifs is 1. The Morgan fingerprint density at radius 3 is 2.86 bits per heavy atom. The molecule has 0 radical (unpaired) electrons. The quantitative estimate of drug-likeness (QED) is 0.825. The molecule has 1 aromatic heterocycles. The van der Waals surface area contributed by atoms with E-state index in [9.17, 15) is 9.59 Å². The highest BCUT2D eigenvalue weighted by molar-refractivity contribution is 6.31. The van der Waals surface area contributed by atoms with Gasteiger partial charge < -0.3 is 14.5 Å². The first-order valence-corrected chi connectivity index (χ1v) is 7.53. The summed E-state index contributed by atoms with van der Waals surface area (Å²) in [4.78, 5) is 23.5. The molecule has 0 aliphatic rings. The topological polar surface area (TPSA) is 68.5 Å². The van der Waals surface area contributed by atoms with E-state index in [-0.39, 0.29) is 24.3 Å². The third-order valence-electron chi connectivity index (χ3n) is 3.14. The van der Waals surface area contributed by atoms with Crippen LogP contribution in [0.3, 0.4) is 0 Å². The van der Waals surface area contributed by atoms with Gasteiger partial charge in [0.1, 0.15) is 5.58 Å². The number of benzene rings is 1. The van der Waals surface area contributed by atoms with Crippen molar-refractivity contribution >= 4 is 34.4 Å². The van der Waals surface area contributed by atoms with E-state index >= 15 is 0 Å². The molecule has 0 fully saturated rings. The molecule has 1 aromatic carbocycles. The Labute approximate surface area is 133 Å². The van der Waals surface area contributed by atoms with Gasteiger partial charge in [-0.25, -0.2) is 4.79 Å². The number of halogens is 1. The number of hydrogen-bond donors (Lipinski definition) is 1. The Morgan fingerprint density at radius 2 is 2.14 bits per heavy atom. The number of carbonyl (C=O) groups is 2. The number of amides is 1. The highest BCUT2D eigenvalue weighted by Gasteiger charge is 2.16. The number of carbonyl (C=O) groups excluding carboxylic acids is 2. The Balaban J connectivity index is 1.92. The fourth-order valence-electron chi connectivity index (χ4n) is 2.14. The summed E-state index contributed by atoms with van der Waals surface area (Å²) in [6.07, 6.45) is 1.85. The normalized spacial score (nSPS) is 12.1. The fourth-order valence-corrected chi connectivity index (χ4v) is 2.32. The molecule has 1 atom stereocenters. The van der Waals surface area contributed by atoms with E-state index in [0.717, 1.165) is 12.8 Å². The van der Waals surface area contributed by atoms with Crippen LogP contribution in [0, 0.1) is 0 Å². The monoisotopic (exact) mass is 323 g/mol. The predicted molar refractivity (Wildman–Crippen MR) is 84.0 cm³/mol. The first-order chi connectivity index (χ1) is 10.5. The lowest BCUT2D eigenvalue weighted by molar-refractivity contribution is -0.124. The third kappa shape index (κ3) is 4.24. The highest BCUT2D eigenvalue weighted by Crippen LogP contribution is 2.23. The number of nitrogens with one attached hydrogen (secondary N) is 1. The Hall–Kier alpha value is -2.01. The minimum Gasteiger partial charge on any atom is -0.450 e. The summed E-state index contributed by atoms with van der Waals surface area (Å²) in [6.45, 7) is 3.62. The van der Waals surface area contributed by atoms with E-state index in [1.165, 1.54) is 0 Å². The maximum atomic E-state index is 11.9. The van der Waals surface area contributed by atoms with Gasteiger partial charge in [0.2, 0.25) is 5.76 Å². The van der Waals surface area contributed by atoms with Crippen LogP contribution < -0.4 is 5.32 Å². The molecule has 6 heteroatoms. The second-order valence-electron chi connectivity index (χ2n) is 5.13. The molecule has 2 rings (SSSR count). The van der Waals surface area contributed by atoms with Crippen LogP contribution in [0.15, 0.2) is 28.7 Å². The molecule has 1 N–H and O–H groups in total. The van der Waals surface area contributed by atoms with Crippen LogP contribution in [-0.4, -0.2) is 24.5 Å². The van der Waals surface area contributed by atoms with Crippen molar-refractivity contribution in [1.29, 1.82) is 0 Å². The molecule has 2 aromatic rings. The zero-order valence-electron chi connectivity index (χ0n) is 12.5. The number of rotatable bonds is 6. The molecule has 0 saturated heterocycles. The minimum absolute atomic E-state index is 0.0478. The Morgan fingerprint density at radius 1 is 1.36 bits per heavy atom. The molecule has 0 saturated carbocycles. The van der Waals surface area contributed by atoms with Crippen LogP contribution in [0.1, 0.15) is 37.2 Å². The van der Waals surface area contributed by atoms with Gasteiger partial charge in [0.15, 0.2) is 6.61 Å². The minimum atomic E-state index is -0.675. The molecular weight excluding hydrogens is 306 g/mol. The lowest BCUT2D eigenvalue weighted by Gasteiger charge is -2.12. The third-order valence-corrected chi connectivity index (χ3v) is 3.38. The van der Waals surface area contributed by atoms with Gasteiger partial charge >= 0.3 is 5.97 Å². The Bertz CT molecular complexity index is 680. The molecule has 0 spiro atoms. The number of furan rings is 1. The second-order valence-corrected chi connectivity index (χ2v) is 5.56. The van der Waals surface area contributed by atoms with E-state index < -0.39 is 5.97 Å². The first-order valence-electron chi connectivity index (χ1n) is 7.15. The van der Waals surface area contributed by atoms with Gasteiger partial charge in [-0.2, -0.15) is 0 Å². The molecule has 5 nitrogen and oxygen atoms in total. The molecule has 22 heavy (non-hydrogen) atoms. The molecule has 0 unspecified atom stereocenters. The molecule has 1 amide bonds. The number of esters is 1. The van der Waals surface area contributed by atoms with Gasteiger partial charge in [-0.1, -0.05) is 24.9 Å². The SMILES string of the molecule is CCC[C@H](C)NC(=O)COC(=O)c1cc2cc(Cl)ccc2o1. The average molecular weight is 324 g/mol. The maximum absolute atomic E-state index is 11.9. The van der Waals surface area contributed by atoms with Gasteiger partial charge in [-0.15, -0.1) is 0 Å². The van der Waals surface area contributed by atoms with Crippen molar-refractivity contribution in [3.05, 3.63) is 35.0 Å². The molecule has 1 heterocycles. The Kier molecular flexibility index (Phi) is 5.44. The van der Waals surface area contributed by atoms with Gasteiger partial charge in [0.25, 0.3) is 5.91 Å². The van der Waals surface area contributed by atoms with Crippen LogP contribution >= 0.6 is 11.6 Å². The summed E-state index contributed by atoms with van der Waals surface area (Å²) in [5.41, 5.74) is 0.539. The molecule has 0 bridgehead atoms. The summed E-state index contributed by atoms with van der Waals surface area (Å²) in [7, 11) is 0. The van der Waals surface area contributed by atoms with Gasteiger partial charge in [0, 0.05) is 16.5 Å². The average Bonchev–Trinajstić information content (AvgIpc) is 2.88. The number of hydrogen-bond acceptors (Lipinski definition) is 4. The smallest absolute Gasteiger partial charge is 0.374 e. The van der Waals surface area contributed by atoms with Crippen LogP contribution in [0.2, 0.25) is 5.02 Å². The van der Waals surface area contributed by atoms with E-state index in [2.05, 4.69) is 5.32 Å². The van der Waals surface area contributed by atoms with Crippen LogP contribution in [0.5, 0.6) is 0 Å². The zero-order chi connectivity index (χ0) is 16.1. The predicted octanol–water partition coefficient (Wildman–Crippen LogP) is 3.55. The van der Waals surface area contributed by atoms with Crippen molar-refractivity contribution in [3.8, 4) is 0 Å². The fraction of sp³-hybridized carbons (Fsp3) is 0.375. The van der Waals surface area contributed by atoms with Crippen molar-refractivity contribution < 1.29 is 18.7 Å². The largest absolute Gasteiger partial charge is 0.450 e. The van der Waals surface area contributed by atoms with E-state index in [1.807, 2.05) is 13.8 Å². The standard InChI is InChI=1S/C16H18ClNO4/c1-3-4-10(2)18-15(19)9-21-16(20)14-8-11-7-12(17)5-6-13(11)22-14/h5-8,10H,3-4,9H2,1-2H3,(H,18,19)/t10-/m0/s1. The summed E-state index contributed by atoms with van der Waals surface area (Å²) in [6, 6.07) is 6.64. The summed E-state index contributed by atoms with van der Waals surface area (Å²) < 4.78 is 10.3. The first kappa shape index (κ1) is 16.4. The zero-order valence-corrected chi connectivity index (χ0v) is 13.3.